The van der Waals surface area contributed by atoms with Crippen molar-refractivity contribution in [2.24, 2.45) is 5.92 Å². The summed E-state index contributed by atoms with van der Waals surface area (Å²) >= 11 is 5.82. The van der Waals surface area contributed by atoms with E-state index in [9.17, 15) is 0 Å². The van der Waals surface area contributed by atoms with E-state index in [1.54, 1.807) is 0 Å². The molecule has 0 saturated heterocycles. The van der Waals surface area contributed by atoms with Gasteiger partial charge in [0.05, 0.1) is 12.7 Å². The summed E-state index contributed by atoms with van der Waals surface area (Å²) in [5.41, 5.74) is 1.21. The van der Waals surface area contributed by atoms with Crippen molar-refractivity contribution in [2.75, 3.05) is 0 Å². The lowest BCUT2D eigenvalue weighted by atomic mass is 10.1. The standard InChI is InChI=1S/C13H17ClO/c1-10-3-2-4-13(10)15-9-11-5-7-12(14)8-6-11/h5-8,10,13H,2-4,9H2,1H3. The predicted octanol–water partition coefficient (Wildman–Crippen LogP) is 4.05. The van der Waals surface area contributed by atoms with Crippen LogP contribution in [0.2, 0.25) is 5.02 Å². The molecule has 0 spiro atoms. The van der Waals surface area contributed by atoms with E-state index in [-0.39, 0.29) is 0 Å². The second kappa shape index (κ2) is 5.00. The third kappa shape index (κ3) is 2.96. The minimum Gasteiger partial charge on any atom is -0.373 e. The molecule has 1 aliphatic rings. The molecule has 2 heteroatoms. The molecule has 1 nitrogen and oxygen atoms in total. The Morgan fingerprint density at radius 1 is 1.27 bits per heavy atom. The summed E-state index contributed by atoms with van der Waals surface area (Å²) in [6.07, 6.45) is 4.30. The Bertz CT molecular complexity index is 307. The third-order valence-electron chi connectivity index (χ3n) is 3.16. The van der Waals surface area contributed by atoms with Gasteiger partial charge in [-0.25, -0.2) is 0 Å². The molecular weight excluding hydrogens is 208 g/mol. The van der Waals surface area contributed by atoms with Gasteiger partial charge >= 0.3 is 0 Å². The summed E-state index contributed by atoms with van der Waals surface area (Å²) in [5, 5.41) is 0.785. The van der Waals surface area contributed by atoms with Crippen molar-refractivity contribution in [2.45, 2.75) is 38.9 Å². The van der Waals surface area contributed by atoms with Crippen molar-refractivity contribution in [3.05, 3.63) is 34.9 Å². The molecule has 0 aliphatic heterocycles. The number of ether oxygens (including phenoxy) is 1. The highest BCUT2D eigenvalue weighted by Gasteiger charge is 2.23. The first-order valence-electron chi connectivity index (χ1n) is 5.62. The first-order chi connectivity index (χ1) is 7.25. The van der Waals surface area contributed by atoms with Gasteiger partial charge in [-0.15, -0.1) is 0 Å². The highest BCUT2D eigenvalue weighted by Crippen LogP contribution is 2.28. The second-order valence-corrected chi connectivity index (χ2v) is 4.82. The van der Waals surface area contributed by atoms with Gasteiger partial charge in [-0.3, -0.25) is 0 Å². The van der Waals surface area contributed by atoms with Crippen LogP contribution in [0, 0.1) is 5.92 Å². The summed E-state index contributed by atoms with van der Waals surface area (Å²) in [5.74, 6) is 0.720. The van der Waals surface area contributed by atoms with E-state index in [0.29, 0.717) is 12.7 Å². The first kappa shape index (κ1) is 11.0. The van der Waals surface area contributed by atoms with Gasteiger partial charge < -0.3 is 4.74 Å². The monoisotopic (exact) mass is 224 g/mol. The zero-order chi connectivity index (χ0) is 10.7. The van der Waals surface area contributed by atoms with E-state index >= 15 is 0 Å². The van der Waals surface area contributed by atoms with Gasteiger partial charge in [-0.05, 0) is 36.5 Å². The molecule has 0 N–H and O–H groups in total. The van der Waals surface area contributed by atoms with Crippen LogP contribution in [0.5, 0.6) is 0 Å². The van der Waals surface area contributed by atoms with E-state index in [4.69, 9.17) is 16.3 Å². The topological polar surface area (TPSA) is 9.23 Å². The summed E-state index contributed by atoms with van der Waals surface area (Å²) < 4.78 is 5.90. The maximum atomic E-state index is 5.90. The van der Waals surface area contributed by atoms with Crippen molar-refractivity contribution < 1.29 is 4.74 Å². The van der Waals surface area contributed by atoms with Crippen molar-refractivity contribution in [3.63, 3.8) is 0 Å². The lowest BCUT2D eigenvalue weighted by Crippen LogP contribution is -2.15. The highest BCUT2D eigenvalue weighted by molar-refractivity contribution is 6.30. The number of hydrogen-bond acceptors (Lipinski definition) is 1. The van der Waals surface area contributed by atoms with Crippen molar-refractivity contribution in [1.82, 2.24) is 0 Å². The highest BCUT2D eigenvalue weighted by atomic mass is 35.5. The molecule has 82 valence electrons. The average Bonchev–Trinajstić information content (AvgIpc) is 2.63. The normalized spacial score (nSPS) is 25.7. The Morgan fingerprint density at radius 2 is 2.00 bits per heavy atom. The van der Waals surface area contributed by atoms with Gasteiger partial charge in [0.25, 0.3) is 0 Å². The van der Waals surface area contributed by atoms with Gasteiger partial charge in [0.1, 0.15) is 0 Å². The molecule has 1 fully saturated rings. The zero-order valence-electron chi connectivity index (χ0n) is 9.08. The zero-order valence-corrected chi connectivity index (χ0v) is 9.83. The predicted molar refractivity (Wildman–Crippen MR) is 63.0 cm³/mol. The van der Waals surface area contributed by atoms with Crippen LogP contribution in [-0.2, 0) is 11.3 Å². The number of rotatable bonds is 3. The van der Waals surface area contributed by atoms with E-state index in [2.05, 4.69) is 6.92 Å². The number of halogens is 1. The molecule has 2 rings (SSSR count). The Balaban J connectivity index is 1.85. The molecule has 1 aromatic carbocycles. The van der Waals surface area contributed by atoms with Gasteiger partial charge in [0, 0.05) is 5.02 Å². The fraction of sp³-hybridized carbons (Fsp3) is 0.538. The van der Waals surface area contributed by atoms with E-state index in [1.165, 1.54) is 24.8 Å². The van der Waals surface area contributed by atoms with Gasteiger partial charge in [-0.2, -0.15) is 0 Å². The number of hydrogen-bond donors (Lipinski definition) is 0. The molecule has 15 heavy (non-hydrogen) atoms. The van der Waals surface area contributed by atoms with E-state index < -0.39 is 0 Å². The maximum Gasteiger partial charge on any atom is 0.0720 e. The largest absolute Gasteiger partial charge is 0.373 e. The summed E-state index contributed by atoms with van der Waals surface area (Å²) in [7, 11) is 0. The van der Waals surface area contributed by atoms with Crippen LogP contribution in [0.4, 0.5) is 0 Å². The van der Waals surface area contributed by atoms with Crippen molar-refractivity contribution >= 4 is 11.6 Å². The molecule has 1 aromatic rings. The fourth-order valence-corrected chi connectivity index (χ4v) is 2.27. The molecule has 2 unspecified atom stereocenters. The smallest absolute Gasteiger partial charge is 0.0720 e. The van der Waals surface area contributed by atoms with Gasteiger partial charge in [0.15, 0.2) is 0 Å². The SMILES string of the molecule is CC1CCCC1OCc1ccc(Cl)cc1. The van der Waals surface area contributed by atoms with Crippen LogP contribution >= 0.6 is 11.6 Å². The van der Waals surface area contributed by atoms with Crippen LogP contribution in [0.3, 0.4) is 0 Å². The summed E-state index contributed by atoms with van der Waals surface area (Å²) in [6.45, 7) is 2.99. The van der Waals surface area contributed by atoms with Crippen molar-refractivity contribution in [3.8, 4) is 0 Å². The molecule has 0 bridgehead atoms. The van der Waals surface area contributed by atoms with Crippen LogP contribution in [0.1, 0.15) is 31.7 Å². The molecule has 2 atom stereocenters. The van der Waals surface area contributed by atoms with Gasteiger partial charge in [-0.1, -0.05) is 37.1 Å². The lowest BCUT2D eigenvalue weighted by molar-refractivity contribution is 0.0207. The quantitative estimate of drug-likeness (QED) is 0.753. The Hall–Kier alpha value is -0.530. The fourth-order valence-electron chi connectivity index (χ4n) is 2.14. The Morgan fingerprint density at radius 3 is 2.60 bits per heavy atom. The van der Waals surface area contributed by atoms with Crippen LogP contribution in [-0.4, -0.2) is 6.10 Å². The lowest BCUT2D eigenvalue weighted by Gasteiger charge is -2.16. The maximum absolute atomic E-state index is 5.90. The van der Waals surface area contributed by atoms with Crippen LogP contribution in [0.25, 0.3) is 0 Å². The summed E-state index contributed by atoms with van der Waals surface area (Å²) in [4.78, 5) is 0. The van der Waals surface area contributed by atoms with Gasteiger partial charge in [0.2, 0.25) is 0 Å². The molecule has 0 heterocycles. The minimum atomic E-state index is 0.459. The first-order valence-corrected chi connectivity index (χ1v) is 5.99. The Labute approximate surface area is 96.4 Å². The van der Waals surface area contributed by atoms with Crippen LogP contribution in [0.15, 0.2) is 24.3 Å². The third-order valence-corrected chi connectivity index (χ3v) is 3.41. The molecular formula is C13H17ClO. The van der Waals surface area contributed by atoms with E-state index in [0.717, 1.165) is 10.9 Å². The molecule has 1 saturated carbocycles. The van der Waals surface area contributed by atoms with E-state index in [1.807, 2.05) is 24.3 Å². The molecule has 0 aromatic heterocycles. The molecule has 1 aliphatic carbocycles. The second-order valence-electron chi connectivity index (χ2n) is 4.38. The number of benzene rings is 1. The summed E-state index contributed by atoms with van der Waals surface area (Å²) in [6, 6.07) is 7.89. The van der Waals surface area contributed by atoms with Crippen LogP contribution < -0.4 is 0 Å². The minimum absolute atomic E-state index is 0.459. The molecule has 0 radical (unpaired) electrons. The van der Waals surface area contributed by atoms with Crippen molar-refractivity contribution in [1.29, 1.82) is 0 Å². The Kier molecular flexibility index (Phi) is 3.66. The average molecular weight is 225 g/mol. The molecule has 0 amide bonds.